The van der Waals surface area contributed by atoms with E-state index in [0.717, 1.165) is 36.9 Å². The average Bonchev–Trinajstić information content (AvgIpc) is 3.37. The van der Waals surface area contributed by atoms with E-state index < -0.39 is 17.8 Å². The molecule has 0 radical (unpaired) electrons. The first-order valence-corrected chi connectivity index (χ1v) is 10.9. The van der Waals surface area contributed by atoms with Gasteiger partial charge in [-0.2, -0.15) is 0 Å². The Morgan fingerprint density at radius 2 is 1.86 bits per heavy atom. The summed E-state index contributed by atoms with van der Waals surface area (Å²) in [5.41, 5.74) is 3.13. The van der Waals surface area contributed by atoms with Gasteiger partial charge in [0.05, 0.1) is 5.69 Å². The van der Waals surface area contributed by atoms with Crippen LogP contribution in [0.4, 0.5) is 5.13 Å². The standard InChI is InChI=1S/C22H26N2O3S/c1-12(2)9-13-3-5-14(6-4-13)17-11-28-22(23-17)24-20(25)18-15-7-8-16(10-15)19(18)21(26)27/h3-6,11-12,15-16,18-19H,7-10H2,1-2H3,(H,26,27)(H,23,24,25)/p-1/t15-,16-,18-,19-/m0/s1. The lowest BCUT2D eigenvalue weighted by Gasteiger charge is -2.30. The van der Waals surface area contributed by atoms with Gasteiger partial charge < -0.3 is 15.2 Å². The molecule has 2 bridgehead atoms. The molecule has 2 aliphatic rings. The third-order valence-electron chi connectivity index (χ3n) is 6.12. The van der Waals surface area contributed by atoms with Crippen molar-refractivity contribution in [1.29, 1.82) is 0 Å². The molecule has 0 spiro atoms. The van der Waals surface area contributed by atoms with Crippen LogP contribution in [0, 0.1) is 29.6 Å². The lowest BCUT2D eigenvalue weighted by molar-refractivity contribution is -0.314. The Hall–Kier alpha value is -2.21. The molecule has 1 aromatic carbocycles. The molecular weight excluding hydrogens is 372 g/mol. The van der Waals surface area contributed by atoms with E-state index in [9.17, 15) is 14.7 Å². The molecule has 5 nitrogen and oxygen atoms in total. The molecule has 1 amide bonds. The number of aromatic nitrogens is 1. The minimum Gasteiger partial charge on any atom is -0.550 e. The van der Waals surface area contributed by atoms with Crippen LogP contribution < -0.4 is 10.4 Å². The number of carboxylic acids is 1. The zero-order valence-corrected chi connectivity index (χ0v) is 17.0. The molecule has 0 aliphatic heterocycles. The number of carboxylic acid groups (broad SMARTS) is 1. The van der Waals surface area contributed by atoms with Crippen LogP contribution in [0.25, 0.3) is 11.3 Å². The molecule has 148 valence electrons. The summed E-state index contributed by atoms with van der Waals surface area (Å²) in [6.45, 7) is 4.40. The third kappa shape index (κ3) is 3.70. The molecule has 28 heavy (non-hydrogen) atoms. The lowest BCUT2D eigenvalue weighted by Crippen LogP contribution is -2.43. The maximum absolute atomic E-state index is 12.8. The summed E-state index contributed by atoms with van der Waals surface area (Å²) in [7, 11) is 0. The van der Waals surface area contributed by atoms with Crippen molar-refractivity contribution in [3.05, 3.63) is 35.2 Å². The first kappa shape index (κ1) is 19.1. The topological polar surface area (TPSA) is 82.1 Å². The van der Waals surface area contributed by atoms with Crippen molar-refractivity contribution in [3.63, 3.8) is 0 Å². The Morgan fingerprint density at radius 3 is 2.50 bits per heavy atom. The Bertz CT molecular complexity index is 874. The fourth-order valence-corrected chi connectivity index (χ4v) is 5.67. The number of hydrogen-bond acceptors (Lipinski definition) is 5. The normalized spacial score (nSPS) is 26.0. The van der Waals surface area contributed by atoms with Gasteiger partial charge in [0.2, 0.25) is 5.91 Å². The van der Waals surface area contributed by atoms with E-state index >= 15 is 0 Å². The van der Waals surface area contributed by atoms with Crippen LogP contribution in [-0.4, -0.2) is 16.9 Å². The van der Waals surface area contributed by atoms with Crippen LogP contribution in [0.1, 0.15) is 38.7 Å². The predicted molar refractivity (Wildman–Crippen MR) is 108 cm³/mol. The highest BCUT2D eigenvalue weighted by molar-refractivity contribution is 7.14. The maximum Gasteiger partial charge on any atom is 0.230 e. The van der Waals surface area contributed by atoms with Gasteiger partial charge in [0.15, 0.2) is 5.13 Å². The Kier molecular flexibility index (Phi) is 5.23. The van der Waals surface area contributed by atoms with Gasteiger partial charge >= 0.3 is 0 Å². The van der Waals surface area contributed by atoms with Crippen molar-refractivity contribution in [1.82, 2.24) is 4.98 Å². The number of aliphatic carboxylic acids is 1. The van der Waals surface area contributed by atoms with Crippen molar-refractivity contribution in [2.75, 3.05) is 5.32 Å². The van der Waals surface area contributed by atoms with Crippen LogP contribution in [0.2, 0.25) is 0 Å². The summed E-state index contributed by atoms with van der Waals surface area (Å²) in [6.07, 6.45) is 3.68. The second-order valence-electron chi connectivity index (χ2n) is 8.53. The molecule has 2 aliphatic carbocycles. The number of nitrogens with one attached hydrogen (secondary N) is 1. The molecule has 2 fully saturated rings. The number of rotatable bonds is 6. The molecule has 4 atom stereocenters. The minimum absolute atomic E-state index is 0.0851. The summed E-state index contributed by atoms with van der Waals surface area (Å²) in [4.78, 5) is 28.9. The fraction of sp³-hybridized carbons (Fsp3) is 0.500. The second-order valence-corrected chi connectivity index (χ2v) is 9.38. The molecule has 1 heterocycles. The number of carbonyl (C=O) groups excluding carboxylic acids is 2. The van der Waals surface area contributed by atoms with Gasteiger partial charge in [0, 0.05) is 28.7 Å². The molecule has 0 unspecified atom stereocenters. The lowest BCUT2D eigenvalue weighted by atomic mass is 9.79. The molecular formula is C22H25N2O3S-. The molecule has 1 aromatic heterocycles. The number of amides is 1. The van der Waals surface area contributed by atoms with E-state index in [0.29, 0.717) is 11.0 Å². The van der Waals surface area contributed by atoms with Gasteiger partial charge in [-0.05, 0) is 49.0 Å². The van der Waals surface area contributed by atoms with Crippen molar-refractivity contribution in [2.45, 2.75) is 39.5 Å². The van der Waals surface area contributed by atoms with Gasteiger partial charge in [0.25, 0.3) is 0 Å². The van der Waals surface area contributed by atoms with E-state index in [2.05, 4.69) is 48.4 Å². The summed E-state index contributed by atoms with van der Waals surface area (Å²) in [6, 6.07) is 8.35. The number of nitrogens with zero attached hydrogens (tertiary/aromatic N) is 1. The molecule has 2 saturated carbocycles. The molecule has 4 rings (SSSR count). The van der Waals surface area contributed by atoms with Gasteiger partial charge in [-0.15, -0.1) is 11.3 Å². The summed E-state index contributed by atoms with van der Waals surface area (Å²) >= 11 is 1.37. The van der Waals surface area contributed by atoms with Gasteiger partial charge in [-0.25, -0.2) is 4.98 Å². The monoisotopic (exact) mass is 397 g/mol. The van der Waals surface area contributed by atoms with Crippen molar-refractivity contribution < 1.29 is 14.7 Å². The van der Waals surface area contributed by atoms with E-state index in [1.807, 2.05) is 5.38 Å². The van der Waals surface area contributed by atoms with Crippen molar-refractivity contribution in [2.24, 2.45) is 29.6 Å². The van der Waals surface area contributed by atoms with Crippen LogP contribution in [-0.2, 0) is 16.0 Å². The number of thiazole rings is 1. The Morgan fingerprint density at radius 1 is 1.18 bits per heavy atom. The average molecular weight is 398 g/mol. The molecule has 1 N–H and O–H groups in total. The van der Waals surface area contributed by atoms with Gasteiger partial charge in [-0.1, -0.05) is 38.1 Å². The zero-order chi connectivity index (χ0) is 19.8. The smallest absolute Gasteiger partial charge is 0.230 e. The van der Waals surface area contributed by atoms with E-state index in [-0.39, 0.29) is 17.7 Å². The number of hydrogen-bond donors (Lipinski definition) is 1. The number of anilines is 1. The van der Waals surface area contributed by atoms with Crippen LogP contribution in [0.3, 0.4) is 0 Å². The van der Waals surface area contributed by atoms with E-state index in [4.69, 9.17) is 0 Å². The highest BCUT2D eigenvalue weighted by atomic mass is 32.1. The van der Waals surface area contributed by atoms with Gasteiger partial charge in [-0.3, -0.25) is 4.79 Å². The highest BCUT2D eigenvalue weighted by Crippen LogP contribution is 2.52. The van der Waals surface area contributed by atoms with Gasteiger partial charge in [0.1, 0.15) is 0 Å². The summed E-state index contributed by atoms with van der Waals surface area (Å²) < 4.78 is 0. The Labute approximate surface area is 169 Å². The second kappa shape index (κ2) is 7.66. The number of benzene rings is 1. The van der Waals surface area contributed by atoms with E-state index in [1.165, 1.54) is 16.9 Å². The minimum atomic E-state index is -1.09. The van der Waals surface area contributed by atoms with Crippen molar-refractivity contribution >= 4 is 28.3 Å². The number of fused-ring (bicyclic) bond motifs is 2. The maximum atomic E-state index is 12.8. The highest BCUT2D eigenvalue weighted by Gasteiger charge is 2.51. The Balaban J connectivity index is 1.45. The van der Waals surface area contributed by atoms with Crippen molar-refractivity contribution in [3.8, 4) is 11.3 Å². The van der Waals surface area contributed by atoms with Crippen LogP contribution in [0.5, 0.6) is 0 Å². The largest absolute Gasteiger partial charge is 0.550 e. The fourth-order valence-electron chi connectivity index (χ4n) is 4.94. The zero-order valence-electron chi connectivity index (χ0n) is 16.2. The summed E-state index contributed by atoms with van der Waals surface area (Å²) in [5, 5.41) is 16.8. The van der Waals surface area contributed by atoms with Crippen LogP contribution in [0.15, 0.2) is 29.6 Å². The quantitative estimate of drug-likeness (QED) is 0.810. The van der Waals surface area contributed by atoms with E-state index in [1.54, 1.807) is 0 Å². The predicted octanol–water partition coefficient (Wildman–Crippen LogP) is 3.36. The molecule has 2 aromatic rings. The molecule has 0 saturated heterocycles. The first-order chi connectivity index (χ1) is 13.4. The third-order valence-corrected chi connectivity index (χ3v) is 6.88. The van der Waals surface area contributed by atoms with Crippen LogP contribution >= 0.6 is 11.3 Å². The summed E-state index contributed by atoms with van der Waals surface area (Å²) in [5.74, 6) is -1.62. The molecule has 6 heteroatoms. The number of carbonyl (C=O) groups is 2. The first-order valence-electron chi connectivity index (χ1n) is 9.99. The SMILES string of the molecule is CC(C)Cc1ccc(-c2csc(NC(=O)[C@H]3[C@H]4CC[C@@H](C4)[C@@H]3C(=O)[O-])n2)cc1.